The van der Waals surface area contributed by atoms with Gasteiger partial charge in [0.2, 0.25) is 0 Å². The predicted octanol–water partition coefficient (Wildman–Crippen LogP) is 6.30. The minimum absolute atomic E-state index is 0.0845. The number of benzene rings is 3. The molecular formula is C26H20F9NO3S. The fourth-order valence-electron chi connectivity index (χ4n) is 4.73. The van der Waals surface area contributed by atoms with Crippen LogP contribution in [0.3, 0.4) is 0 Å². The zero-order valence-corrected chi connectivity index (χ0v) is 21.0. The highest BCUT2D eigenvalue weighted by Gasteiger charge is 2.73. The molecule has 1 saturated heterocycles. The van der Waals surface area contributed by atoms with Crippen molar-refractivity contribution in [3.63, 3.8) is 0 Å². The molecule has 3 aromatic rings. The molecular weight excluding hydrogens is 577 g/mol. The molecule has 0 saturated carbocycles. The third kappa shape index (κ3) is 4.85. The summed E-state index contributed by atoms with van der Waals surface area (Å²) in [6.07, 6.45) is -12.4. The van der Waals surface area contributed by atoms with E-state index in [1.54, 1.807) is 0 Å². The lowest BCUT2D eigenvalue weighted by Gasteiger charge is -2.38. The van der Waals surface area contributed by atoms with Gasteiger partial charge in [0.05, 0.1) is 11.5 Å². The first kappa shape index (κ1) is 29.9. The van der Waals surface area contributed by atoms with Crippen LogP contribution < -0.4 is 5.32 Å². The van der Waals surface area contributed by atoms with Crippen LogP contribution in [0.1, 0.15) is 23.1 Å². The Morgan fingerprint density at radius 2 is 1.35 bits per heavy atom. The summed E-state index contributed by atoms with van der Waals surface area (Å²) in [5.41, 5.74) is -7.75. The summed E-state index contributed by atoms with van der Waals surface area (Å²) in [6, 6.07) is 8.47. The Bertz CT molecular complexity index is 1430. The van der Waals surface area contributed by atoms with Gasteiger partial charge in [-0.25, -0.2) is 21.6 Å². The van der Waals surface area contributed by atoms with Gasteiger partial charge in [-0.05, 0) is 54.9 Å². The van der Waals surface area contributed by atoms with Crippen molar-refractivity contribution in [1.82, 2.24) is 5.32 Å². The molecule has 3 aromatic carbocycles. The van der Waals surface area contributed by atoms with Crippen LogP contribution in [0.2, 0.25) is 0 Å². The van der Waals surface area contributed by atoms with Gasteiger partial charge < -0.3 is 10.1 Å². The summed E-state index contributed by atoms with van der Waals surface area (Å²) in [5.74, 6) is -3.53. The number of hydrogen-bond acceptors (Lipinski definition) is 4. The average Bonchev–Trinajstić information content (AvgIpc) is 3.37. The highest BCUT2D eigenvalue weighted by atomic mass is 32.2. The zero-order chi connectivity index (χ0) is 29.6. The van der Waals surface area contributed by atoms with Gasteiger partial charge in [0.1, 0.15) is 22.2 Å². The maximum atomic E-state index is 14.2. The molecule has 0 aliphatic carbocycles. The van der Waals surface area contributed by atoms with Crippen molar-refractivity contribution >= 4 is 9.84 Å². The fraction of sp³-hybridized carbons (Fsp3) is 0.308. The van der Waals surface area contributed by atoms with E-state index in [4.69, 9.17) is 0 Å². The lowest BCUT2D eigenvalue weighted by molar-refractivity contribution is -0.392. The number of alkyl halides is 6. The summed E-state index contributed by atoms with van der Waals surface area (Å²) in [7, 11) is -4.32. The molecule has 1 heterocycles. The third-order valence-electron chi connectivity index (χ3n) is 6.87. The summed E-state index contributed by atoms with van der Waals surface area (Å²) < 4.78 is 156. The summed E-state index contributed by atoms with van der Waals surface area (Å²) in [4.78, 5) is -0.295. The first-order valence-corrected chi connectivity index (χ1v) is 13.1. The molecule has 216 valence electrons. The van der Waals surface area contributed by atoms with Crippen molar-refractivity contribution < 1.29 is 52.7 Å². The number of nitrogens with one attached hydrogen (secondary N) is 1. The van der Waals surface area contributed by atoms with Gasteiger partial charge in [-0.2, -0.15) is 26.3 Å². The number of ether oxygens (including phenoxy) is 1. The van der Waals surface area contributed by atoms with E-state index in [0.29, 0.717) is 24.3 Å². The zero-order valence-electron chi connectivity index (χ0n) is 20.2. The molecule has 40 heavy (non-hydrogen) atoms. The molecule has 14 heteroatoms. The first-order chi connectivity index (χ1) is 18.6. The molecule has 1 atom stereocenters. The molecule has 0 bridgehead atoms. The predicted molar refractivity (Wildman–Crippen MR) is 124 cm³/mol. The molecule has 0 aromatic heterocycles. The Labute approximate surface area is 222 Å². The van der Waals surface area contributed by atoms with Crippen LogP contribution in [-0.4, -0.2) is 33.9 Å². The van der Waals surface area contributed by atoms with E-state index in [2.05, 4.69) is 10.1 Å². The minimum atomic E-state index is -6.15. The van der Waals surface area contributed by atoms with E-state index < -0.39 is 67.7 Å². The first-order valence-electron chi connectivity index (χ1n) is 11.6. The van der Waals surface area contributed by atoms with E-state index >= 15 is 0 Å². The number of sulfone groups is 1. The van der Waals surface area contributed by atoms with Crippen molar-refractivity contribution in [1.29, 1.82) is 0 Å². The fourth-order valence-corrected chi connectivity index (χ4v) is 6.79. The molecule has 4 nitrogen and oxygen atoms in total. The Balaban J connectivity index is 1.81. The number of rotatable bonds is 7. The van der Waals surface area contributed by atoms with Gasteiger partial charge in [0.25, 0.3) is 5.60 Å². The lowest BCUT2D eigenvalue weighted by Crippen LogP contribution is -2.56. The molecule has 1 fully saturated rings. The maximum absolute atomic E-state index is 14.2. The van der Waals surface area contributed by atoms with Crippen molar-refractivity contribution in [2.24, 2.45) is 0 Å². The highest BCUT2D eigenvalue weighted by Crippen LogP contribution is 2.54. The van der Waals surface area contributed by atoms with Crippen molar-refractivity contribution in [3.8, 4) is 0 Å². The van der Waals surface area contributed by atoms with Gasteiger partial charge in [0.15, 0.2) is 9.84 Å². The van der Waals surface area contributed by atoms with Crippen molar-refractivity contribution in [3.05, 3.63) is 101 Å². The second-order valence-electron chi connectivity index (χ2n) is 9.12. The highest BCUT2D eigenvalue weighted by molar-refractivity contribution is 7.92. The molecule has 1 aliphatic heterocycles. The van der Waals surface area contributed by atoms with Gasteiger partial charge in [-0.1, -0.05) is 30.3 Å². The van der Waals surface area contributed by atoms with Gasteiger partial charge in [-0.15, -0.1) is 0 Å². The third-order valence-corrected chi connectivity index (χ3v) is 9.37. The molecule has 1 aliphatic rings. The monoisotopic (exact) mass is 597 g/mol. The molecule has 1 unspecified atom stereocenters. The van der Waals surface area contributed by atoms with Crippen molar-refractivity contribution in [2.75, 3.05) is 13.1 Å². The Morgan fingerprint density at radius 1 is 0.800 bits per heavy atom. The molecule has 0 spiro atoms. The quantitative estimate of drug-likeness (QED) is 0.257. The Kier molecular flexibility index (Phi) is 7.75. The van der Waals surface area contributed by atoms with Gasteiger partial charge >= 0.3 is 12.4 Å². The largest absolute Gasteiger partial charge is 0.430 e. The van der Waals surface area contributed by atoms with E-state index in [1.807, 2.05) is 0 Å². The number of halogens is 9. The van der Waals surface area contributed by atoms with Crippen LogP contribution in [-0.2, 0) is 31.5 Å². The lowest BCUT2D eigenvalue weighted by atomic mass is 9.88. The molecule has 1 N–H and O–H groups in total. The smallest absolute Gasteiger partial charge is 0.349 e. The van der Waals surface area contributed by atoms with Crippen LogP contribution in [0.15, 0.2) is 71.6 Å². The normalized spacial score (nSPS) is 18.7. The topological polar surface area (TPSA) is 55.4 Å². The molecule has 0 radical (unpaired) electrons. The van der Waals surface area contributed by atoms with E-state index in [1.165, 1.54) is 0 Å². The molecule has 4 rings (SSSR count). The van der Waals surface area contributed by atoms with Gasteiger partial charge in [-0.3, -0.25) is 0 Å². The van der Waals surface area contributed by atoms with Gasteiger partial charge in [0, 0.05) is 17.7 Å². The van der Waals surface area contributed by atoms with E-state index in [9.17, 15) is 47.9 Å². The maximum Gasteiger partial charge on any atom is 0.430 e. The van der Waals surface area contributed by atoms with Crippen LogP contribution in [0.4, 0.5) is 39.5 Å². The second-order valence-corrected chi connectivity index (χ2v) is 11.4. The Hall–Kier alpha value is -3.10. The second kappa shape index (κ2) is 10.4. The number of hydrogen-bond donors (Lipinski definition) is 1. The average molecular weight is 597 g/mol. The van der Waals surface area contributed by atoms with Crippen LogP contribution >= 0.6 is 0 Å². The van der Waals surface area contributed by atoms with Crippen LogP contribution in [0, 0.1) is 17.5 Å². The van der Waals surface area contributed by atoms with E-state index in [-0.39, 0.29) is 30.0 Å². The summed E-state index contributed by atoms with van der Waals surface area (Å²) >= 11 is 0. The van der Waals surface area contributed by atoms with Crippen LogP contribution in [0.25, 0.3) is 0 Å². The Morgan fingerprint density at radius 3 is 1.82 bits per heavy atom. The minimum Gasteiger partial charge on any atom is -0.349 e. The standard InChI is InChI=1S/C26H20F9NO3S/c27-18-8-10-19(11-9-18)40(37,38)23(12-13-36-15-23)16-4-6-17(7-5-16)24(25(30,31)32,26(33,34)35)39-14-20-21(28)2-1-3-22(20)29/h1-11,36H,12-15H2. The van der Waals surface area contributed by atoms with E-state index in [0.717, 1.165) is 42.5 Å². The van der Waals surface area contributed by atoms with Crippen molar-refractivity contribution in [2.45, 2.75) is 40.6 Å². The molecule has 0 amide bonds. The summed E-state index contributed by atoms with van der Waals surface area (Å²) in [5, 5.41) is 2.83. The summed E-state index contributed by atoms with van der Waals surface area (Å²) in [6.45, 7) is -1.78. The SMILES string of the molecule is O=S(=O)(c1ccc(F)cc1)C1(c2ccc(C(OCc3c(F)cccc3F)(C(F)(F)F)C(F)(F)F)cc2)CCNC1. The van der Waals surface area contributed by atoms with Crippen LogP contribution in [0.5, 0.6) is 0 Å².